The van der Waals surface area contributed by atoms with Gasteiger partial charge in [-0.1, -0.05) is 37.3 Å². The molecule has 0 radical (unpaired) electrons. The molecule has 0 aromatic heterocycles. The van der Waals surface area contributed by atoms with Crippen LogP contribution in [0.5, 0.6) is 0 Å². The van der Waals surface area contributed by atoms with Gasteiger partial charge in [-0.3, -0.25) is 10.2 Å². The summed E-state index contributed by atoms with van der Waals surface area (Å²) in [6.07, 6.45) is 1.20. The van der Waals surface area contributed by atoms with Gasteiger partial charge in [0.2, 0.25) is 0 Å². The molecule has 1 heterocycles. The molecule has 0 unspecified atom stereocenters. The first-order valence-corrected chi connectivity index (χ1v) is 6.32. The maximum absolute atomic E-state index is 11.4. The van der Waals surface area contributed by atoms with Crippen LogP contribution in [0.3, 0.4) is 0 Å². The minimum atomic E-state index is -0.792. The number of amidine groups is 1. The predicted octanol–water partition coefficient (Wildman–Crippen LogP) is 0.882. The van der Waals surface area contributed by atoms with Crippen molar-refractivity contribution in [3.63, 3.8) is 0 Å². The molecular formula is C13H18N4O2. The zero-order valence-electron chi connectivity index (χ0n) is 10.8. The average Bonchev–Trinajstić information content (AvgIpc) is 2.93. The SMILES string of the molecule is CC[C@H](C(=O)O)[C@H](Cc1ccccc1)C1=NNNN1. The van der Waals surface area contributed by atoms with Gasteiger partial charge in [-0.05, 0) is 18.4 Å². The Bertz CT molecular complexity index is 461. The number of carboxylic acids is 1. The van der Waals surface area contributed by atoms with Crippen LogP contribution in [0.25, 0.3) is 0 Å². The lowest BCUT2D eigenvalue weighted by Crippen LogP contribution is -2.42. The molecule has 0 saturated heterocycles. The van der Waals surface area contributed by atoms with Crippen molar-refractivity contribution < 1.29 is 9.90 Å². The monoisotopic (exact) mass is 262 g/mol. The van der Waals surface area contributed by atoms with Gasteiger partial charge in [-0.2, -0.15) is 0 Å². The van der Waals surface area contributed by atoms with E-state index < -0.39 is 11.9 Å². The maximum atomic E-state index is 11.4. The first kappa shape index (κ1) is 13.4. The Kier molecular flexibility index (Phi) is 4.35. The number of hydrazine groups is 2. The molecular weight excluding hydrogens is 244 g/mol. The van der Waals surface area contributed by atoms with E-state index in [0.29, 0.717) is 18.7 Å². The van der Waals surface area contributed by atoms with Crippen molar-refractivity contribution in [1.29, 1.82) is 0 Å². The lowest BCUT2D eigenvalue weighted by atomic mass is 9.84. The normalized spacial score (nSPS) is 17.0. The fraction of sp³-hybridized carbons (Fsp3) is 0.385. The second-order valence-electron chi connectivity index (χ2n) is 4.51. The molecule has 0 bridgehead atoms. The van der Waals surface area contributed by atoms with Crippen LogP contribution < -0.4 is 16.5 Å². The second kappa shape index (κ2) is 6.19. The summed E-state index contributed by atoms with van der Waals surface area (Å²) in [4.78, 5) is 11.4. The highest BCUT2D eigenvalue weighted by Crippen LogP contribution is 2.22. The highest BCUT2D eigenvalue weighted by molar-refractivity contribution is 5.89. The van der Waals surface area contributed by atoms with E-state index in [0.717, 1.165) is 5.56 Å². The van der Waals surface area contributed by atoms with Gasteiger partial charge in [0.1, 0.15) is 5.84 Å². The highest BCUT2D eigenvalue weighted by atomic mass is 16.4. The number of benzene rings is 1. The van der Waals surface area contributed by atoms with Crippen molar-refractivity contribution in [3.8, 4) is 0 Å². The van der Waals surface area contributed by atoms with Gasteiger partial charge in [0.25, 0.3) is 0 Å². The topological polar surface area (TPSA) is 85.8 Å². The fourth-order valence-corrected chi connectivity index (χ4v) is 2.31. The Morgan fingerprint density at radius 1 is 1.37 bits per heavy atom. The molecule has 2 atom stereocenters. The van der Waals surface area contributed by atoms with E-state index in [1.165, 1.54) is 0 Å². The number of hydrogen-bond acceptors (Lipinski definition) is 5. The van der Waals surface area contributed by atoms with Gasteiger partial charge in [-0.15, -0.1) is 10.6 Å². The number of rotatable bonds is 6. The first-order valence-electron chi connectivity index (χ1n) is 6.32. The van der Waals surface area contributed by atoms with Crippen LogP contribution in [0.15, 0.2) is 35.4 Å². The smallest absolute Gasteiger partial charge is 0.307 e. The molecule has 6 heteroatoms. The molecule has 0 fully saturated rings. The van der Waals surface area contributed by atoms with Gasteiger partial charge in [0.05, 0.1) is 5.92 Å². The van der Waals surface area contributed by atoms with Crippen LogP contribution in [0, 0.1) is 11.8 Å². The van der Waals surface area contributed by atoms with Gasteiger partial charge < -0.3 is 5.11 Å². The molecule has 0 saturated carbocycles. The van der Waals surface area contributed by atoms with E-state index in [1.54, 1.807) is 0 Å². The first-order chi connectivity index (χ1) is 9.22. The Morgan fingerprint density at radius 3 is 2.63 bits per heavy atom. The molecule has 4 N–H and O–H groups in total. The molecule has 0 amide bonds. The lowest BCUT2D eigenvalue weighted by molar-refractivity contribution is -0.142. The lowest BCUT2D eigenvalue weighted by Gasteiger charge is -2.22. The summed E-state index contributed by atoms with van der Waals surface area (Å²) >= 11 is 0. The summed E-state index contributed by atoms with van der Waals surface area (Å²) in [5.74, 6) is -0.807. The number of nitrogens with one attached hydrogen (secondary N) is 3. The molecule has 2 rings (SSSR count). The van der Waals surface area contributed by atoms with E-state index in [1.807, 2.05) is 37.3 Å². The number of nitrogens with zero attached hydrogens (tertiary/aromatic N) is 1. The Hall–Kier alpha value is -2.08. The van der Waals surface area contributed by atoms with Crippen molar-refractivity contribution >= 4 is 11.8 Å². The van der Waals surface area contributed by atoms with Crippen molar-refractivity contribution in [2.75, 3.05) is 0 Å². The molecule has 6 nitrogen and oxygen atoms in total. The standard InChI is InChI=1S/C13H18N4O2/c1-2-10(13(18)19)11(12-14-16-17-15-12)8-9-6-4-3-5-7-9/h3-7,10-11,16-17H,2,8H2,1H3,(H,14,15)(H,18,19)/t10-,11-/m0/s1. The minimum absolute atomic E-state index is 0.188. The molecule has 1 aromatic rings. The zero-order valence-corrected chi connectivity index (χ0v) is 10.8. The molecule has 19 heavy (non-hydrogen) atoms. The van der Waals surface area contributed by atoms with E-state index in [9.17, 15) is 9.90 Å². The van der Waals surface area contributed by atoms with Gasteiger partial charge in [0.15, 0.2) is 0 Å². The van der Waals surface area contributed by atoms with Crippen molar-refractivity contribution in [2.24, 2.45) is 16.9 Å². The van der Waals surface area contributed by atoms with Crippen molar-refractivity contribution in [2.45, 2.75) is 19.8 Å². The van der Waals surface area contributed by atoms with E-state index in [2.05, 4.69) is 21.6 Å². The summed E-state index contributed by atoms with van der Waals surface area (Å²) in [5, 5.41) is 13.4. The van der Waals surface area contributed by atoms with E-state index >= 15 is 0 Å². The Balaban J connectivity index is 2.21. The van der Waals surface area contributed by atoms with Crippen LogP contribution in [0.1, 0.15) is 18.9 Å². The third-order valence-corrected chi connectivity index (χ3v) is 3.32. The van der Waals surface area contributed by atoms with Crippen LogP contribution in [-0.4, -0.2) is 16.9 Å². The summed E-state index contributed by atoms with van der Waals surface area (Å²) in [7, 11) is 0. The maximum Gasteiger partial charge on any atom is 0.307 e. The number of aliphatic carboxylic acids is 1. The molecule has 1 aliphatic rings. The number of hydrogen-bond donors (Lipinski definition) is 4. The minimum Gasteiger partial charge on any atom is -0.481 e. The molecule has 1 aliphatic heterocycles. The number of carboxylic acid groups (broad SMARTS) is 1. The highest BCUT2D eigenvalue weighted by Gasteiger charge is 2.32. The zero-order chi connectivity index (χ0) is 13.7. The van der Waals surface area contributed by atoms with Crippen LogP contribution >= 0.6 is 0 Å². The van der Waals surface area contributed by atoms with Crippen molar-refractivity contribution in [3.05, 3.63) is 35.9 Å². The van der Waals surface area contributed by atoms with Gasteiger partial charge in [-0.25, -0.2) is 5.53 Å². The van der Waals surface area contributed by atoms with E-state index in [4.69, 9.17) is 0 Å². The van der Waals surface area contributed by atoms with Crippen molar-refractivity contribution in [1.82, 2.24) is 16.5 Å². The summed E-state index contributed by atoms with van der Waals surface area (Å²) < 4.78 is 0. The number of carbonyl (C=O) groups is 1. The van der Waals surface area contributed by atoms with E-state index in [-0.39, 0.29) is 5.92 Å². The van der Waals surface area contributed by atoms with Gasteiger partial charge >= 0.3 is 5.97 Å². The summed E-state index contributed by atoms with van der Waals surface area (Å²) in [5.41, 5.74) is 9.22. The third kappa shape index (κ3) is 3.23. The Labute approximate surface area is 111 Å². The number of hydrazone groups is 1. The van der Waals surface area contributed by atoms with Crippen LogP contribution in [-0.2, 0) is 11.2 Å². The Morgan fingerprint density at radius 2 is 2.11 bits per heavy atom. The molecule has 0 spiro atoms. The van der Waals surface area contributed by atoms with Crippen LogP contribution in [0.2, 0.25) is 0 Å². The summed E-state index contributed by atoms with van der Waals surface area (Å²) in [6, 6.07) is 9.85. The second-order valence-corrected chi connectivity index (χ2v) is 4.51. The summed E-state index contributed by atoms with van der Waals surface area (Å²) in [6.45, 7) is 1.88. The third-order valence-electron chi connectivity index (χ3n) is 3.32. The molecule has 0 aliphatic carbocycles. The largest absolute Gasteiger partial charge is 0.481 e. The quantitative estimate of drug-likeness (QED) is 0.611. The van der Waals surface area contributed by atoms with Crippen LogP contribution in [0.4, 0.5) is 0 Å². The fourth-order valence-electron chi connectivity index (χ4n) is 2.31. The average molecular weight is 262 g/mol. The molecule has 1 aromatic carbocycles. The van der Waals surface area contributed by atoms with Gasteiger partial charge in [0, 0.05) is 5.92 Å². The molecule has 102 valence electrons. The predicted molar refractivity (Wildman–Crippen MR) is 71.9 cm³/mol.